The van der Waals surface area contributed by atoms with E-state index in [1.54, 1.807) is 0 Å². The minimum atomic E-state index is -1.56. The number of aliphatic hydroxyl groups excluding tert-OH is 1. The lowest BCUT2D eigenvalue weighted by Crippen LogP contribution is -2.58. The predicted octanol–water partition coefficient (Wildman–Crippen LogP) is 3.05. The van der Waals surface area contributed by atoms with Crippen molar-refractivity contribution in [3.8, 4) is 0 Å². The molecule has 2 bridgehead atoms. The summed E-state index contributed by atoms with van der Waals surface area (Å²) in [5.74, 6) is -1.28. The first-order chi connectivity index (χ1) is 14.2. The summed E-state index contributed by atoms with van der Waals surface area (Å²) in [6.07, 6.45) is 8.38. The highest BCUT2D eigenvalue weighted by atomic mass is 32.2. The van der Waals surface area contributed by atoms with Crippen LogP contribution in [0.2, 0.25) is 0 Å². The Kier molecular flexibility index (Phi) is 8.01. The lowest BCUT2D eigenvalue weighted by atomic mass is 9.90. The Hall–Kier alpha value is -1.35. The van der Waals surface area contributed by atoms with Gasteiger partial charge >= 0.3 is 5.97 Å². The molecule has 0 aromatic rings. The van der Waals surface area contributed by atoms with Gasteiger partial charge in [-0.25, -0.2) is 4.79 Å². The van der Waals surface area contributed by atoms with Gasteiger partial charge in [0.2, 0.25) is 0 Å². The van der Waals surface area contributed by atoms with Crippen LogP contribution in [0.4, 0.5) is 4.79 Å². The minimum Gasteiger partial charge on any atom is -0.459 e. The molecule has 3 aliphatic heterocycles. The molecule has 0 aliphatic carbocycles. The molecule has 3 N–H and O–H groups in total. The minimum absolute atomic E-state index is 0.127. The van der Waals surface area contributed by atoms with Gasteiger partial charge in [-0.3, -0.25) is 4.79 Å². The third kappa shape index (κ3) is 6.57. The van der Waals surface area contributed by atoms with Crippen molar-refractivity contribution < 1.29 is 29.3 Å². The third-order valence-electron chi connectivity index (χ3n) is 5.97. The third-order valence-corrected chi connectivity index (χ3v) is 6.85. The molecule has 0 aromatic carbocycles. The average molecular weight is 440 g/mol. The molecular weight excluding hydrogens is 406 g/mol. The molecule has 3 rings (SSSR count). The highest BCUT2D eigenvalue weighted by molar-refractivity contribution is 8.14. The quantitative estimate of drug-likeness (QED) is 0.426. The molecule has 1 amide bonds. The van der Waals surface area contributed by atoms with Crippen molar-refractivity contribution in [1.82, 2.24) is 5.32 Å². The number of amides is 1. The first kappa shape index (κ1) is 23.3. The number of hydrogen-bond donors (Lipinski definition) is 3. The maximum atomic E-state index is 12.4. The highest BCUT2D eigenvalue weighted by Gasteiger charge is 2.49. The number of carbonyl (C=O) groups excluding carboxylic acids is 2. The first-order valence-electron chi connectivity index (χ1n) is 10.8. The highest BCUT2D eigenvalue weighted by Crippen LogP contribution is 2.37. The van der Waals surface area contributed by atoms with E-state index in [4.69, 9.17) is 9.47 Å². The molecule has 2 saturated heterocycles. The molecular formula is C22H33NO6S. The van der Waals surface area contributed by atoms with E-state index < -0.39 is 30.0 Å². The van der Waals surface area contributed by atoms with Gasteiger partial charge in [-0.05, 0) is 44.9 Å². The van der Waals surface area contributed by atoms with Crippen molar-refractivity contribution in [1.29, 1.82) is 0 Å². The number of esters is 1. The number of allylic oxidation sites excluding steroid dienone is 2. The van der Waals surface area contributed by atoms with Gasteiger partial charge in [-0.15, -0.1) is 0 Å². The first-order valence-corrected chi connectivity index (χ1v) is 11.8. The van der Waals surface area contributed by atoms with E-state index in [9.17, 15) is 19.8 Å². The molecule has 0 saturated carbocycles. The molecule has 168 valence electrons. The molecule has 6 atom stereocenters. The maximum Gasteiger partial charge on any atom is 0.330 e. The van der Waals surface area contributed by atoms with Gasteiger partial charge in [-0.1, -0.05) is 36.4 Å². The average Bonchev–Trinajstić information content (AvgIpc) is 3.11. The summed E-state index contributed by atoms with van der Waals surface area (Å²) in [5, 5.41) is 23.9. The smallest absolute Gasteiger partial charge is 0.330 e. The molecule has 2 fully saturated rings. The zero-order valence-corrected chi connectivity index (χ0v) is 18.5. The molecule has 0 radical (unpaired) electrons. The predicted molar refractivity (Wildman–Crippen MR) is 115 cm³/mol. The Morgan fingerprint density at radius 2 is 2.03 bits per heavy atom. The summed E-state index contributed by atoms with van der Waals surface area (Å²) in [5.41, 5.74) is 0.849. The fraction of sp³-hybridized carbons (Fsp3) is 0.727. The second-order valence-corrected chi connectivity index (χ2v) is 9.77. The summed E-state index contributed by atoms with van der Waals surface area (Å²) in [6.45, 7) is 3.96. The van der Waals surface area contributed by atoms with Crippen LogP contribution >= 0.6 is 11.8 Å². The Bertz CT molecular complexity index is 695. The van der Waals surface area contributed by atoms with E-state index in [0.717, 1.165) is 23.8 Å². The van der Waals surface area contributed by atoms with Gasteiger partial charge < -0.3 is 25.0 Å². The molecule has 0 aromatic heterocycles. The summed E-state index contributed by atoms with van der Waals surface area (Å²) >= 11 is 1.12. The van der Waals surface area contributed by atoms with Crippen molar-refractivity contribution in [2.45, 2.75) is 88.9 Å². The van der Waals surface area contributed by atoms with E-state index in [1.807, 2.05) is 13.0 Å². The lowest BCUT2D eigenvalue weighted by Gasteiger charge is -2.43. The largest absolute Gasteiger partial charge is 0.459 e. The van der Waals surface area contributed by atoms with Crippen LogP contribution in [0.1, 0.15) is 58.8 Å². The number of ether oxygens (including phenoxy) is 2. The normalized spacial score (nSPS) is 40.9. The molecule has 8 heteroatoms. The molecule has 7 nitrogen and oxygen atoms in total. The van der Waals surface area contributed by atoms with Crippen LogP contribution in [0.15, 0.2) is 23.8 Å². The van der Waals surface area contributed by atoms with Crippen molar-refractivity contribution in [3.63, 3.8) is 0 Å². The molecule has 3 aliphatic rings. The van der Waals surface area contributed by atoms with Gasteiger partial charge in [0.25, 0.3) is 5.24 Å². The Balaban J connectivity index is 1.77. The Morgan fingerprint density at radius 1 is 1.23 bits per heavy atom. The number of fused-ring (bicyclic) bond motifs is 2. The van der Waals surface area contributed by atoms with E-state index in [0.29, 0.717) is 43.8 Å². The zero-order valence-electron chi connectivity index (χ0n) is 17.7. The fourth-order valence-corrected chi connectivity index (χ4v) is 5.09. The molecule has 3 heterocycles. The zero-order chi connectivity index (χ0) is 21.7. The van der Waals surface area contributed by atoms with Crippen LogP contribution in [0.25, 0.3) is 0 Å². The summed E-state index contributed by atoms with van der Waals surface area (Å²) in [7, 11) is 0. The number of thioether (sulfide) groups is 1. The summed E-state index contributed by atoms with van der Waals surface area (Å²) in [4.78, 5) is 24.1. The Labute approximate surface area is 182 Å². The summed E-state index contributed by atoms with van der Waals surface area (Å²) < 4.78 is 11.7. The summed E-state index contributed by atoms with van der Waals surface area (Å²) in [6, 6.07) is -0.527. The molecule has 30 heavy (non-hydrogen) atoms. The molecule has 1 unspecified atom stereocenters. The number of hydrogen-bond acceptors (Lipinski definition) is 7. The van der Waals surface area contributed by atoms with Crippen molar-refractivity contribution in [2.75, 3.05) is 5.75 Å². The lowest BCUT2D eigenvalue weighted by molar-refractivity contribution is -0.283. The topological polar surface area (TPSA) is 105 Å². The van der Waals surface area contributed by atoms with E-state index in [1.165, 1.54) is 6.08 Å². The van der Waals surface area contributed by atoms with Crippen LogP contribution in [0.5, 0.6) is 0 Å². The van der Waals surface area contributed by atoms with E-state index in [2.05, 4.69) is 18.3 Å². The second-order valence-electron chi connectivity index (χ2n) is 8.78. The van der Waals surface area contributed by atoms with Gasteiger partial charge in [0.1, 0.15) is 6.10 Å². The van der Waals surface area contributed by atoms with Gasteiger partial charge in [0.15, 0.2) is 5.79 Å². The maximum absolute atomic E-state index is 12.4. The number of aliphatic hydroxyl groups is 2. The van der Waals surface area contributed by atoms with Crippen LogP contribution in [-0.4, -0.2) is 57.3 Å². The number of carbonyl (C=O) groups is 2. The van der Waals surface area contributed by atoms with Gasteiger partial charge in [0, 0.05) is 24.7 Å². The van der Waals surface area contributed by atoms with E-state index >= 15 is 0 Å². The van der Waals surface area contributed by atoms with E-state index in [-0.39, 0.29) is 17.8 Å². The number of rotatable bonds is 1. The van der Waals surface area contributed by atoms with Crippen molar-refractivity contribution in [2.24, 2.45) is 5.92 Å². The SMILES string of the molecule is C/C1=C/C(=O)O[C@@H]2C[C@@H](CC[C@H](C)C=CCC(O)CC1)O[C@@](O)([C@@H]1CSC(=O)N1)C2. The van der Waals surface area contributed by atoms with Gasteiger partial charge in [-0.2, -0.15) is 0 Å². The van der Waals surface area contributed by atoms with Gasteiger partial charge in [0.05, 0.1) is 18.2 Å². The van der Waals surface area contributed by atoms with Crippen molar-refractivity contribution in [3.05, 3.63) is 23.8 Å². The number of nitrogens with one attached hydrogen (secondary N) is 1. The van der Waals surface area contributed by atoms with Crippen LogP contribution in [-0.2, 0) is 14.3 Å². The van der Waals surface area contributed by atoms with Crippen molar-refractivity contribution >= 4 is 23.0 Å². The van der Waals surface area contributed by atoms with Crippen LogP contribution in [0, 0.1) is 5.92 Å². The van der Waals surface area contributed by atoms with Crippen LogP contribution in [0.3, 0.4) is 0 Å². The molecule has 0 spiro atoms. The monoisotopic (exact) mass is 439 g/mol. The second kappa shape index (κ2) is 10.3. The Morgan fingerprint density at radius 3 is 2.77 bits per heavy atom. The van der Waals surface area contributed by atoms with Crippen LogP contribution < -0.4 is 5.32 Å². The fourth-order valence-electron chi connectivity index (χ4n) is 4.20. The standard InChI is InChI=1S/C22H33NO6S/c1-14-4-3-5-16(24)8-6-15(2)10-20(25)28-18-11-17(9-7-14)29-22(27,12-18)19-13-30-21(26)23-19/h3-4,10,14,16-19,24,27H,5-9,11-13H2,1-2H3,(H,23,26)/b4-3?,15-10-/t14-,16?,17-,18-,19+,22-/m1/s1.